The summed E-state index contributed by atoms with van der Waals surface area (Å²) in [5.74, 6) is 1.49. The largest absolute Gasteiger partial charge is 0.352 e. The minimum absolute atomic E-state index is 0. The monoisotopic (exact) mass is 528 g/mol. The van der Waals surface area contributed by atoms with Gasteiger partial charge in [-0.2, -0.15) is 10.2 Å². The molecule has 2 heterocycles. The highest BCUT2D eigenvalue weighted by molar-refractivity contribution is 14.0. The van der Waals surface area contributed by atoms with Crippen LogP contribution in [-0.2, 0) is 6.54 Å². The molecule has 0 saturated heterocycles. The summed E-state index contributed by atoms with van der Waals surface area (Å²) < 4.78 is 1.85. The number of nitrogens with zero attached hydrogens (tertiary/aromatic N) is 5. The quantitative estimate of drug-likeness (QED) is 0.202. The molecule has 0 fully saturated rings. The van der Waals surface area contributed by atoms with E-state index >= 15 is 0 Å². The van der Waals surface area contributed by atoms with Gasteiger partial charge < -0.3 is 10.6 Å². The number of nitrogens with one attached hydrogen (secondary N) is 3. The Balaban J connectivity index is 0.00000272. The SMILES string of the molecule is CN=C(NCc1cccc(-c2ncn[nH]2)c1)NC(C)c1cccc(-n2cccn2)c1.I. The first-order chi connectivity index (χ1) is 14.7. The van der Waals surface area contributed by atoms with Gasteiger partial charge in [0.2, 0.25) is 0 Å². The number of aromatic amines is 1. The molecule has 0 spiro atoms. The number of guanidine groups is 1. The Morgan fingerprint density at radius 3 is 2.77 bits per heavy atom. The van der Waals surface area contributed by atoms with Gasteiger partial charge in [0.15, 0.2) is 11.8 Å². The van der Waals surface area contributed by atoms with Gasteiger partial charge >= 0.3 is 0 Å². The van der Waals surface area contributed by atoms with Crippen molar-refractivity contribution in [1.29, 1.82) is 0 Å². The van der Waals surface area contributed by atoms with Crippen LogP contribution in [0.4, 0.5) is 0 Å². The van der Waals surface area contributed by atoms with Crippen molar-refractivity contribution in [2.45, 2.75) is 19.5 Å². The average Bonchev–Trinajstić information content (AvgIpc) is 3.51. The molecule has 0 radical (unpaired) electrons. The Hall–Kier alpha value is -3.21. The van der Waals surface area contributed by atoms with Gasteiger partial charge in [-0.15, -0.1) is 24.0 Å². The van der Waals surface area contributed by atoms with E-state index in [2.05, 4.69) is 67.1 Å². The molecule has 0 aliphatic rings. The van der Waals surface area contributed by atoms with Crippen LogP contribution >= 0.6 is 24.0 Å². The summed E-state index contributed by atoms with van der Waals surface area (Å²) in [7, 11) is 1.77. The third-order valence-corrected chi connectivity index (χ3v) is 4.79. The molecule has 0 bridgehead atoms. The second-order valence-electron chi connectivity index (χ2n) is 6.87. The molecule has 2 aromatic carbocycles. The molecule has 8 nitrogen and oxygen atoms in total. The van der Waals surface area contributed by atoms with Crippen molar-refractivity contribution in [2.24, 2.45) is 4.99 Å². The fraction of sp³-hybridized carbons (Fsp3) is 0.182. The van der Waals surface area contributed by atoms with Crippen molar-refractivity contribution in [3.63, 3.8) is 0 Å². The smallest absolute Gasteiger partial charge is 0.191 e. The standard InChI is InChI=1S/C22H24N8.HI/c1-16(18-7-4-9-20(13-18)30-11-5-10-27-30)28-22(23-2)24-14-17-6-3-8-19(12-17)21-25-15-26-29-21;/h3-13,15-16H,14H2,1-2H3,(H2,23,24,28)(H,25,26,29);1H. The van der Waals surface area contributed by atoms with Crippen LogP contribution in [-0.4, -0.2) is 38.0 Å². The average molecular weight is 528 g/mol. The van der Waals surface area contributed by atoms with Crippen molar-refractivity contribution >= 4 is 29.9 Å². The van der Waals surface area contributed by atoms with Crippen molar-refractivity contribution in [3.8, 4) is 17.1 Å². The maximum Gasteiger partial charge on any atom is 0.191 e. The fourth-order valence-electron chi connectivity index (χ4n) is 3.20. The Morgan fingerprint density at radius 1 is 1.16 bits per heavy atom. The molecule has 3 N–H and O–H groups in total. The fourth-order valence-corrected chi connectivity index (χ4v) is 3.20. The van der Waals surface area contributed by atoms with Crippen LogP contribution in [0, 0.1) is 0 Å². The highest BCUT2D eigenvalue weighted by Gasteiger charge is 2.10. The van der Waals surface area contributed by atoms with Crippen LogP contribution in [0.1, 0.15) is 24.1 Å². The van der Waals surface area contributed by atoms with Gasteiger partial charge in [0.05, 0.1) is 11.7 Å². The first-order valence-corrected chi connectivity index (χ1v) is 9.75. The molecule has 0 aliphatic carbocycles. The van der Waals surface area contributed by atoms with Crippen LogP contribution in [0.25, 0.3) is 17.1 Å². The molecule has 4 aromatic rings. The van der Waals surface area contributed by atoms with Crippen molar-refractivity contribution < 1.29 is 0 Å². The molecular weight excluding hydrogens is 503 g/mol. The maximum atomic E-state index is 4.36. The van der Waals surface area contributed by atoms with Crippen molar-refractivity contribution in [1.82, 2.24) is 35.6 Å². The summed E-state index contributed by atoms with van der Waals surface area (Å²) in [6.07, 6.45) is 5.22. The predicted octanol–water partition coefficient (Wildman–Crippen LogP) is 3.70. The maximum absolute atomic E-state index is 4.36. The molecule has 0 amide bonds. The number of H-pyrrole nitrogens is 1. The molecule has 9 heteroatoms. The van der Waals surface area contributed by atoms with E-state index in [0.29, 0.717) is 6.54 Å². The van der Waals surface area contributed by atoms with E-state index < -0.39 is 0 Å². The number of hydrogen-bond donors (Lipinski definition) is 3. The van der Waals surface area contributed by atoms with E-state index in [1.165, 1.54) is 6.33 Å². The second-order valence-corrected chi connectivity index (χ2v) is 6.87. The van der Waals surface area contributed by atoms with E-state index in [-0.39, 0.29) is 30.0 Å². The Kier molecular flexibility index (Phi) is 7.76. The lowest BCUT2D eigenvalue weighted by Gasteiger charge is -2.19. The lowest BCUT2D eigenvalue weighted by Crippen LogP contribution is -2.38. The molecular formula is C22H25IN8. The summed E-state index contributed by atoms with van der Waals surface area (Å²) in [6.45, 7) is 2.75. The number of aromatic nitrogens is 5. The summed E-state index contributed by atoms with van der Waals surface area (Å²) in [6, 6.07) is 18.4. The van der Waals surface area contributed by atoms with Crippen molar-refractivity contribution in [2.75, 3.05) is 7.05 Å². The lowest BCUT2D eigenvalue weighted by atomic mass is 10.1. The van der Waals surface area contributed by atoms with E-state index in [1.807, 2.05) is 41.2 Å². The predicted molar refractivity (Wildman–Crippen MR) is 133 cm³/mol. The zero-order valence-electron chi connectivity index (χ0n) is 17.4. The van der Waals surface area contributed by atoms with Gasteiger partial charge in [0, 0.05) is 31.5 Å². The zero-order chi connectivity index (χ0) is 20.8. The van der Waals surface area contributed by atoms with Crippen molar-refractivity contribution in [3.05, 3.63) is 84.4 Å². The Morgan fingerprint density at radius 2 is 2.03 bits per heavy atom. The molecule has 0 aliphatic heterocycles. The highest BCUT2D eigenvalue weighted by atomic mass is 127. The van der Waals surface area contributed by atoms with E-state index in [1.54, 1.807) is 13.2 Å². The first kappa shape index (κ1) is 22.5. The van der Waals surface area contributed by atoms with Gasteiger partial charge in [0.1, 0.15) is 6.33 Å². The lowest BCUT2D eigenvalue weighted by molar-refractivity contribution is 0.684. The minimum Gasteiger partial charge on any atom is -0.352 e. The third-order valence-electron chi connectivity index (χ3n) is 4.79. The van der Waals surface area contributed by atoms with E-state index in [9.17, 15) is 0 Å². The second kappa shape index (κ2) is 10.7. The van der Waals surface area contributed by atoms with Gasteiger partial charge in [-0.25, -0.2) is 9.67 Å². The molecule has 31 heavy (non-hydrogen) atoms. The molecule has 1 unspecified atom stereocenters. The number of rotatable bonds is 6. The summed E-state index contributed by atoms with van der Waals surface area (Å²) in [5.41, 5.74) is 4.30. The number of aliphatic imine (C=N–C) groups is 1. The Labute approximate surface area is 198 Å². The van der Waals surface area contributed by atoms with Crippen LogP contribution < -0.4 is 10.6 Å². The molecule has 1 atom stereocenters. The molecule has 2 aromatic heterocycles. The van der Waals surface area contributed by atoms with Gasteiger partial charge in [-0.3, -0.25) is 10.1 Å². The highest BCUT2D eigenvalue weighted by Crippen LogP contribution is 2.17. The molecule has 4 rings (SSSR count). The zero-order valence-corrected chi connectivity index (χ0v) is 19.7. The molecule has 160 valence electrons. The van der Waals surface area contributed by atoms with E-state index in [0.717, 1.165) is 34.2 Å². The minimum atomic E-state index is 0. The number of halogens is 1. The summed E-state index contributed by atoms with van der Waals surface area (Å²) in [4.78, 5) is 8.57. The first-order valence-electron chi connectivity index (χ1n) is 9.75. The topological polar surface area (TPSA) is 95.8 Å². The van der Waals surface area contributed by atoms with Gasteiger partial charge in [0.25, 0.3) is 0 Å². The van der Waals surface area contributed by atoms with Crippen LogP contribution in [0.3, 0.4) is 0 Å². The van der Waals surface area contributed by atoms with Crippen LogP contribution in [0.15, 0.2) is 78.3 Å². The summed E-state index contributed by atoms with van der Waals surface area (Å²) >= 11 is 0. The third kappa shape index (κ3) is 5.69. The van der Waals surface area contributed by atoms with Crippen LogP contribution in [0.5, 0.6) is 0 Å². The number of benzene rings is 2. The Bertz CT molecular complexity index is 1110. The summed E-state index contributed by atoms with van der Waals surface area (Å²) in [5, 5.41) is 17.9. The normalized spacial score (nSPS) is 12.1. The number of hydrogen-bond acceptors (Lipinski definition) is 4. The van der Waals surface area contributed by atoms with Gasteiger partial charge in [-0.05, 0) is 42.3 Å². The molecule has 0 saturated carbocycles. The van der Waals surface area contributed by atoms with Gasteiger partial charge in [-0.1, -0.05) is 30.3 Å². The van der Waals surface area contributed by atoms with Crippen LogP contribution in [0.2, 0.25) is 0 Å². The van der Waals surface area contributed by atoms with E-state index in [4.69, 9.17) is 0 Å².